The SMILES string of the molecule is CC(=O)c1ccc(CC2CC[C@H]([C@H](O)c3ccc(NC(C)(C)C)nc3)N2C(=O)OC(C)(C)C)cc1. The summed E-state index contributed by atoms with van der Waals surface area (Å²) in [6.07, 6.45) is 2.37. The number of nitrogens with one attached hydrogen (secondary N) is 1. The number of carbonyl (C=O) groups excluding carboxylic acids is 2. The van der Waals surface area contributed by atoms with E-state index in [-0.39, 0.29) is 17.4 Å². The second-order valence-corrected chi connectivity index (χ2v) is 11.4. The first-order valence-corrected chi connectivity index (χ1v) is 12.3. The Kier molecular flexibility index (Phi) is 7.90. The van der Waals surface area contributed by atoms with Crippen LogP contribution >= 0.6 is 0 Å². The Bertz CT molecular complexity index is 1020. The fourth-order valence-electron chi connectivity index (χ4n) is 4.43. The van der Waals surface area contributed by atoms with Crippen molar-refractivity contribution >= 4 is 17.7 Å². The second kappa shape index (κ2) is 10.4. The van der Waals surface area contributed by atoms with Gasteiger partial charge in [-0.1, -0.05) is 30.3 Å². The maximum absolute atomic E-state index is 13.3. The lowest BCUT2D eigenvalue weighted by molar-refractivity contribution is -0.00458. The highest BCUT2D eigenvalue weighted by Crippen LogP contribution is 2.36. The molecule has 0 spiro atoms. The molecule has 3 rings (SSSR count). The molecular formula is C28H39N3O4. The predicted octanol–water partition coefficient (Wildman–Crippen LogP) is 5.54. The fourth-order valence-corrected chi connectivity index (χ4v) is 4.43. The third-order valence-corrected chi connectivity index (χ3v) is 5.98. The van der Waals surface area contributed by atoms with Gasteiger partial charge in [0, 0.05) is 28.9 Å². The minimum absolute atomic E-state index is 0.0216. The topological polar surface area (TPSA) is 91.8 Å². The van der Waals surface area contributed by atoms with Gasteiger partial charge in [-0.2, -0.15) is 0 Å². The van der Waals surface area contributed by atoms with E-state index in [1.54, 1.807) is 18.0 Å². The molecule has 1 fully saturated rings. The zero-order chi connectivity index (χ0) is 26.0. The van der Waals surface area contributed by atoms with E-state index in [4.69, 9.17) is 4.74 Å². The van der Waals surface area contributed by atoms with Crippen molar-refractivity contribution in [2.24, 2.45) is 0 Å². The van der Waals surface area contributed by atoms with Gasteiger partial charge < -0.3 is 15.2 Å². The first-order valence-electron chi connectivity index (χ1n) is 12.3. The molecule has 35 heavy (non-hydrogen) atoms. The van der Waals surface area contributed by atoms with Gasteiger partial charge in [-0.15, -0.1) is 0 Å². The van der Waals surface area contributed by atoms with E-state index in [9.17, 15) is 14.7 Å². The lowest BCUT2D eigenvalue weighted by atomic mass is 10.0. The number of pyridine rings is 1. The second-order valence-electron chi connectivity index (χ2n) is 11.4. The van der Waals surface area contributed by atoms with Gasteiger partial charge in [0.1, 0.15) is 17.5 Å². The van der Waals surface area contributed by atoms with Crippen LogP contribution in [-0.4, -0.2) is 50.1 Å². The molecule has 0 saturated carbocycles. The molecule has 1 aliphatic rings. The van der Waals surface area contributed by atoms with Crippen LogP contribution in [-0.2, 0) is 11.2 Å². The zero-order valence-corrected chi connectivity index (χ0v) is 22.0. The molecule has 7 nitrogen and oxygen atoms in total. The van der Waals surface area contributed by atoms with Gasteiger partial charge in [-0.05, 0) is 79.4 Å². The summed E-state index contributed by atoms with van der Waals surface area (Å²) < 4.78 is 5.74. The van der Waals surface area contributed by atoms with Crippen LogP contribution in [0.25, 0.3) is 0 Å². The van der Waals surface area contributed by atoms with E-state index in [0.29, 0.717) is 24.0 Å². The lowest BCUT2D eigenvalue weighted by Crippen LogP contribution is -2.47. The molecule has 1 saturated heterocycles. The van der Waals surface area contributed by atoms with Crippen LogP contribution in [0.5, 0.6) is 0 Å². The van der Waals surface area contributed by atoms with Crippen LogP contribution in [0.3, 0.4) is 0 Å². The number of rotatable bonds is 6. The monoisotopic (exact) mass is 481 g/mol. The maximum Gasteiger partial charge on any atom is 0.410 e. The number of hydrogen-bond acceptors (Lipinski definition) is 6. The third kappa shape index (κ3) is 7.28. The van der Waals surface area contributed by atoms with Gasteiger partial charge in [0.2, 0.25) is 0 Å². The Morgan fingerprint density at radius 1 is 1.09 bits per heavy atom. The number of hydrogen-bond donors (Lipinski definition) is 2. The molecule has 1 unspecified atom stereocenters. The number of Topliss-reactive ketones (excluding diaryl/α,β-unsaturated/α-hetero) is 1. The van der Waals surface area contributed by atoms with E-state index in [1.807, 2.05) is 57.2 Å². The normalized spacial score (nSPS) is 19.4. The van der Waals surface area contributed by atoms with Crippen molar-refractivity contribution in [3.05, 3.63) is 59.3 Å². The number of nitrogens with zero attached hydrogens (tertiary/aromatic N) is 2. The summed E-state index contributed by atoms with van der Waals surface area (Å²) in [6, 6.07) is 10.6. The van der Waals surface area contributed by atoms with Crippen molar-refractivity contribution in [1.29, 1.82) is 0 Å². The smallest absolute Gasteiger partial charge is 0.410 e. The number of amides is 1. The van der Waals surface area contributed by atoms with E-state index < -0.39 is 23.8 Å². The maximum atomic E-state index is 13.3. The average molecular weight is 482 g/mol. The summed E-state index contributed by atoms with van der Waals surface area (Å²) in [5.74, 6) is 0.754. The molecule has 1 aliphatic heterocycles. The highest BCUT2D eigenvalue weighted by atomic mass is 16.6. The number of aromatic nitrogens is 1. The Morgan fingerprint density at radius 3 is 2.26 bits per heavy atom. The summed E-state index contributed by atoms with van der Waals surface area (Å²) in [5.41, 5.74) is 1.58. The van der Waals surface area contributed by atoms with Gasteiger partial charge in [-0.3, -0.25) is 9.69 Å². The van der Waals surface area contributed by atoms with Crippen molar-refractivity contribution in [1.82, 2.24) is 9.88 Å². The highest BCUT2D eigenvalue weighted by molar-refractivity contribution is 5.94. The summed E-state index contributed by atoms with van der Waals surface area (Å²) in [5, 5.41) is 14.6. The van der Waals surface area contributed by atoms with Crippen LogP contribution in [0.15, 0.2) is 42.6 Å². The van der Waals surface area contributed by atoms with Crippen LogP contribution in [0.2, 0.25) is 0 Å². The van der Waals surface area contributed by atoms with Crippen LogP contribution < -0.4 is 5.32 Å². The first-order chi connectivity index (χ1) is 16.2. The number of likely N-dealkylation sites (tertiary alicyclic amines) is 1. The summed E-state index contributed by atoms with van der Waals surface area (Å²) >= 11 is 0. The first kappa shape index (κ1) is 26.7. The van der Waals surface area contributed by atoms with Crippen LogP contribution in [0.1, 0.15) is 88.9 Å². The van der Waals surface area contributed by atoms with E-state index >= 15 is 0 Å². The minimum atomic E-state index is -0.885. The number of anilines is 1. The number of benzene rings is 1. The number of aliphatic hydroxyl groups excluding tert-OH is 1. The van der Waals surface area contributed by atoms with Crippen molar-refractivity contribution in [2.75, 3.05) is 5.32 Å². The number of carbonyl (C=O) groups is 2. The standard InChI is InChI=1S/C28H39N3O4/c1-18(32)20-10-8-19(9-11-20)16-22-13-14-23(31(22)26(34)35-28(5,6)7)25(33)21-12-15-24(29-17-21)30-27(2,3)4/h8-12,15,17,22-23,25,33H,13-14,16H2,1-7H3,(H,29,30)/t22?,23-,25-/m1/s1. The predicted molar refractivity (Wildman–Crippen MR) is 138 cm³/mol. The summed E-state index contributed by atoms with van der Waals surface area (Å²) in [4.78, 5) is 31.1. The van der Waals surface area contributed by atoms with Gasteiger partial charge in [0.15, 0.2) is 5.78 Å². The van der Waals surface area contributed by atoms with E-state index in [0.717, 1.165) is 17.8 Å². The quantitative estimate of drug-likeness (QED) is 0.527. The summed E-state index contributed by atoms with van der Waals surface area (Å²) in [7, 11) is 0. The third-order valence-electron chi connectivity index (χ3n) is 5.98. The molecule has 7 heteroatoms. The molecule has 2 N–H and O–H groups in total. The highest BCUT2D eigenvalue weighted by Gasteiger charge is 2.43. The minimum Gasteiger partial charge on any atom is -0.444 e. The molecule has 2 aromatic rings. The van der Waals surface area contributed by atoms with Crippen molar-refractivity contribution < 1.29 is 19.4 Å². The van der Waals surface area contributed by atoms with Gasteiger partial charge >= 0.3 is 6.09 Å². The van der Waals surface area contributed by atoms with E-state index in [2.05, 4.69) is 31.1 Å². The van der Waals surface area contributed by atoms with Gasteiger partial charge in [0.05, 0.1) is 6.04 Å². The Morgan fingerprint density at radius 2 is 1.74 bits per heavy atom. The van der Waals surface area contributed by atoms with Crippen molar-refractivity contribution in [3.8, 4) is 0 Å². The van der Waals surface area contributed by atoms with Crippen molar-refractivity contribution in [2.45, 2.75) is 97.1 Å². The van der Waals surface area contributed by atoms with Crippen molar-refractivity contribution in [3.63, 3.8) is 0 Å². The molecule has 1 aromatic heterocycles. The molecule has 1 amide bonds. The van der Waals surface area contributed by atoms with Crippen LogP contribution in [0, 0.1) is 0 Å². The van der Waals surface area contributed by atoms with Gasteiger partial charge in [0.25, 0.3) is 0 Å². The molecule has 2 heterocycles. The van der Waals surface area contributed by atoms with Gasteiger partial charge in [-0.25, -0.2) is 9.78 Å². The molecule has 0 radical (unpaired) electrons. The Balaban J connectivity index is 1.82. The molecule has 0 aliphatic carbocycles. The number of ketones is 1. The molecule has 1 aromatic carbocycles. The molecule has 3 atom stereocenters. The van der Waals surface area contributed by atoms with Crippen LogP contribution in [0.4, 0.5) is 10.6 Å². The average Bonchev–Trinajstić information content (AvgIpc) is 3.15. The molecular weight excluding hydrogens is 442 g/mol. The number of ether oxygens (including phenoxy) is 1. The Hall–Kier alpha value is -2.93. The largest absolute Gasteiger partial charge is 0.444 e. The number of aliphatic hydroxyl groups is 1. The fraction of sp³-hybridized carbons (Fsp3) is 0.536. The molecule has 0 bridgehead atoms. The zero-order valence-electron chi connectivity index (χ0n) is 22.0. The summed E-state index contributed by atoms with van der Waals surface area (Å²) in [6.45, 7) is 13.2. The van der Waals surface area contributed by atoms with E-state index in [1.165, 1.54) is 0 Å². The molecule has 190 valence electrons. The Labute approximate surface area is 208 Å². The lowest BCUT2D eigenvalue weighted by Gasteiger charge is -2.35.